The van der Waals surface area contributed by atoms with Gasteiger partial charge in [-0.2, -0.15) is 0 Å². The Morgan fingerprint density at radius 3 is 2.61 bits per heavy atom. The molecule has 172 valence electrons. The minimum Gasteiger partial charge on any atom is -0.438 e. The number of rotatable bonds is 4. The zero-order valence-corrected chi connectivity index (χ0v) is 18.8. The lowest BCUT2D eigenvalue weighted by Gasteiger charge is -2.21. The molecule has 0 saturated carbocycles. The van der Waals surface area contributed by atoms with Gasteiger partial charge in [-0.3, -0.25) is 9.20 Å². The van der Waals surface area contributed by atoms with Crippen molar-refractivity contribution in [2.45, 2.75) is 32.6 Å². The molecule has 0 aliphatic carbocycles. The standard InChI is InChI=1S/C18H19FN4O.C6H7NO2/c1-20-14-2-3-16(19)15(8-14)17-11-23-10-13(9-21-18(23)22-17)12-4-6-24-7-5-12;1-4-6(3-8)9-5(2)7-4/h2-3,8-12,20H,4-7H2,1H3;3H,1-2H3. The fourth-order valence-electron chi connectivity index (χ4n) is 3.81. The van der Waals surface area contributed by atoms with Crippen LogP contribution >= 0.6 is 0 Å². The number of benzene rings is 1. The number of oxazole rings is 1. The summed E-state index contributed by atoms with van der Waals surface area (Å²) in [6, 6.07) is 4.92. The van der Waals surface area contributed by atoms with Crippen LogP contribution < -0.4 is 5.32 Å². The summed E-state index contributed by atoms with van der Waals surface area (Å²) in [6.07, 6.45) is 8.44. The molecule has 33 heavy (non-hydrogen) atoms. The molecule has 0 radical (unpaired) electrons. The van der Waals surface area contributed by atoms with Crippen LogP contribution in [-0.4, -0.2) is 45.9 Å². The second-order valence-corrected chi connectivity index (χ2v) is 7.85. The van der Waals surface area contributed by atoms with Gasteiger partial charge in [0.25, 0.3) is 0 Å². The highest BCUT2D eigenvalue weighted by atomic mass is 19.1. The third kappa shape index (κ3) is 5.09. The van der Waals surface area contributed by atoms with Crippen LogP contribution in [0, 0.1) is 19.7 Å². The molecule has 8 nitrogen and oxygen atoms in total. The van der Waals surface area contributed by atoms with E-state index in [4.69, 9.17) is 9.15 Å². The molecule has 1 fully saturated rings. The van der Waals surface area contributed by atoms with Crippen molar-refractivity contribution in [2.75, 3.05) is 25.6 Å². The molecule has 1 N–H and O–H groups in total. The number of halogens is 1. The van der Waals surface area contributed by atoms with Gasteiger partial charge in [-0.05, 0) is 49.4 Å². The highest BCUT2D eigenvalue weighted by molar-refractivity contribution is 5.71. The van der Waals surface area contributed by atoms with Crippen molar-refractivity contribution in [1.29, 1.82) is 0 Å². The van der Waals surface area contributed by atoms with Crippen molar-refractivity contribution < 1.29 is 18.3 Å². The number of carbonyl (C=O) groups is 1. The summed E-state index contributed by atoms with van der Waals surface area (Å²) < 4.78 is 26.4. The smallest absolute Gasteiger partial charge is 0.234 e. The molecule has 9 heteroatoms. The highest BCUT2D eigenvalue weighted by Gasteiger charge is 2.18. The van der Waals surface area contributed by atoms with E-state index in [1.807, 2.05) is 23.8 Å². The quantitative estimate of drug-likeness (QED) is 0.454. The van der Waals surface area contributed by atoms with Crippen LogP contribution in [0.15, 0.2) is 41.2 Å². The summed E-state index contributed by atoms with van der Waals surface area (Å²) in [4.78, 5) is 22.9. The predicted octanol–water partition coefficient (Wildman–Crippen LogP) is 4.58. The van der Waals surface area contributed by atoms with Crippen molar-refractivity contribution in [1.82, 2.24) is 19.4 Å². The van der Waals surface area contributed by atoms with Gasteiger partial charge in [0, 0.05) is 57.0 Å². The molecule has 1 aliphatic rings. The summed E-state index contributed by atoms with van der Waals surface area (Å²) in [5, 5.41) is 3.02. The molecular formula is C24H26FN5O3. The van der Waals surface area contributed by atoms with Gasteiger partial charge in [0.1, 0.15) is 5.82 Å². The van der Waals surface area contributed by atoms with Gasteiger partial charge < -0.3 is 14.5 Å². The Kier molecular flexibility index (Phi) is 6.79. The number of aromatic nitrogens is 4. The van der Waals surface area contributed by atoms with E-state index >= 15 is 0 Å². The van der Waals surface area contributed by atoms with Gasteiger partial charge in [0.15, 0.2) is 17.9 Å². The maximum Gasteiger partial charge on any atom is 0.234 e. The molecule has 3 aromatic heterocycles. The van der Waals surface area contributed by atoms with E-state index in [0.29, 0.717) is 46.6 Å². The van der Waals surface area contributed by atoms with Crippen LogP contribution in [0.4, 0.5) is 10.1 Å². The maximum absolute atomic E-state index is 14.2. The number of nitrogens with zero attached hydrogens (tertiary/aromatic N) is 4. The fraction of sp³-hybridized carbons (Fsp3) is 0.333. The number of fused-ring (bicyclic) bond motifs is 1. The molecule has 5 rings (SSSR count). The minimum absolute atomic E-state index is 0.290. The normalized spacial score (nSPS) is 14.1. The van der Waals surface area contributed by atoms with Gasteiger partial charge in [0.2, 0.25) is 5.78 Å². The van der Waals surface area contributed by atoms with Gasteiger partial charge >= 0.3 is 0 Å². The lowest BCUT2D eigenvalue weighted by Crippen LogP contribution is -2.14. The lowest BCUT2D eigenvalue weighted by atomic mass is 9.94. The van der Waals surface area contributed by atoms with Crippen molar-refractivity contribution in [3.8, 4) is 11.3 Å². The Morgan fingerprint density at radius 2 is 1.97 bits per heavy atom. The van der Waals surface area contributed by atoms with Gasteiger partial charge in [-0.1, -0.05) is 0 Å². The Balaban J connectivity index is 0.000000243. The Labute approximate surface area is 190 Å². The number of carbonyl (C=O) groups excluding carboxylic acids is 1. The molecule has 1 aliphatic heterocycles. The zero-order valence-electron chi connectivity index (χ0n) is 18.8. The molecule has 1 aromatic carbocycles. The number of anilines is 1. The Hall–Kier alpha value is -3.59. The molecular weight excluding hydrogens is 425 g/mol. The molecule has 0 bridgehead atoms. The largest absolute Gasteiger partial charge is 0.438 e. The topological polar surface area (TPSA) is 94.5 Å². The van der Waals surface area contributed by atoms with Crippen molar-refractivity contribution >= 4 is 17.8 Å². The molecule has 0 spiro atoms. The maximum atomic E-state index is 14.2. The summed E-state index contributed by atoms with van der Waals surface area (Å²) in [5.74, 6) is 1.62. The molecule has 4 aromatic rings. The molecule has 4 heterocycles. The third-order valence-corrected chi connectivity index (χ3v) is 5.60. The fourth-order valence-corrected chi connectivity index (χ4v) is 3.81. The second-order valence-electron chi connectivity index (χ2n) is 7.85. The average Bonchev–Trinajstić information content (AvgIpc) is 3.41. The predicted molar refractivity (Wildman–Crippen MR) is 122 cm³/mol. The average molecular weight is 452 g/mol. The van der Waals surface area contributed by atoms with Crippen LogP contribution in [-0.2, 0) is 4.74 Å². The van der Waals surface area contributed by atoms with E-state index in [-0.39, 0.29) is 5.82 Å². The van der Waals surface area contributed by atoms with Crippen molar-refractivity contribution in [3.63, 3.8) is 0 Å². The number of hydrogen-bond acceptors (Lipinski definition) is 7. The van der Waals surface area contributed by atoms with Crippen LogP contribution in [0.5, 0.6) is 0 Å². The highest BCUT2D eigenvalue weighted by Crippen LogP contribution is 2.28. The third-order valence-electron chi connectivity index (χ3n) is 5.60. The number of aryl methyl sites for hydroxylation is 2. The Morgan fingerprint density at radius 1 is 1.18 bits per heavy atom. The monoisotopic (exact) mass is 451 g/mol. The summed E-state index contributed by atoms with van der Waals surface area (Å²) in [7, 11) is 1.81. The van der Waals surface area contributed by atoms with Crippen LogP contribution in [0.3, 0.4) is 0 Å². The first kappa shape index (κ1) is 22.6. The number of nitrogens with one attached hydrogen (secondary N) is 1. The summed E-state index contributed by atoms with van der Waals surface area (Å²) in [6.45, 7) is 5.03. The number of ether oxygens (including phenoxy) is 1. The number of imidazole rings is 1. The summed E-state index contributed by atoms with van der Waals surface area (Å²) >= 11 is 0. The molecule has 0 atom stereocenters. The van der Waals surface area contributed by atoms with Crippen molar-refractivity contribution in [3.05, 3.63) is 65.5 Å². The lowest BCUT2D eigenvalue weighted by molar-refractivity contribution is 0.0852. The van der Waals surface area contributed by atoms with Crippen LogP contribution in [0.1, 0.15) is 46.5 Å². The van der Waals surface area contributed by atoms with Gasteiger partial charge in [-0.15, -0.1) is 0 Å². The van der Waals surface area contributed by atoms with Gasteiger partial charge in [-0.25, -0.2) is 19.3 Å². The zero-order chi connectivity index (χ0) is 23.4. The second kappa shape index (κ2) is 9.91. The van der Waals surface area contributed by atoms with Crippen molar-refractivity contribution in [2.24, 2.45) is 0 Å². The first-order valence-corrected chi connectivity index (χ1v) is 10.8. The first-order valence-electron chi connectivity index (χ1n) is 10.8. The van der Waals surface area contributed by atoms with E-state index in [2.05, 4.69) is 26.5 Å². The number of hydrogen-bond donors (Lipinski definition) is 1. The van der Waals surface area contributed by atoms with E-state index in [9.17, 15) is 9.18 Å². The molecule has 0 amide bonds. The van der Waals surface area contributed by atoms with E-state index in [0.717, 1.165) is 31.7 Å². The van der Waals surface area contributed by atoms with Gasteiger partial charge in [0.05, 0.1) is 11.4 Å². The van der Waals surface area contributed by atoms with Crippen LogP contribution in [0.25, 0.3) is 17.0 Å². The Bertz CT molecular complexity index is 1260. The van der Waals surface area contributed by atoms with E-state index in [1.54, 1.807) is 26.0 Å². The van der Waals surface area contributed by atoms with E-state index in [1.165, 1.54) is 11.6 Å². The van der Waals surface area contributed by atoms with E-state index < -0.39 is 0 Å². The first-order chi connectivity index (χ1) is 16.0. The summed E-state index contributed by atoms with van der Waals surface area (Å²) in [5.41, 5.74) is 3.74. The number of aldehydes is 1. The molecule has 0 unspecified atom stereocenters. The van der Waals surface area contributed by atoms with Crippen LogP contribution in [0.2, 0.25) is 0 Å². The SMILES string of the molecule is CNc1ccc(F)c(-c2cn3cc(C4CCOCC4)cnc3n2)c1.Cc1nc(C)c(C=O)o1. The molecule has 1 saturated heterocycles. The minimum atomic E-state index is -0.290.